The minimum atomic E-state index is -5.16. The molecule has 0 aromatic heterocycles. The Hall–Kier alpha value is -0.630. The molecule has 0 fully saturated rings. The average Bonchev–Trinajstić information content (AvgIpc) is 2.11. The molecule has 0 heterocycles. The van der Waals surface area contributed by atoms with Gasteiger partial charge in [0.25, 0.3) is 5.92 Å². The highest BCUT2D eigenvalue weighted by Gasteiger charge is 2.60. The lowest BCUT2D eigenvalue weighted by Gasteiger charge is -2.30. The molecule has 9 heteroatoms. The molecule has 0 rings (SSSR count). The third-order valence-corrected chi connectivity index (χ3v) is 2.52. The molecule has 0 aromatic rings. The van der Waals surface area contributed by atoms with Crippen LogP contribution in [0.1, 0.15) is 33.1 Å². The van der Waals surface area contributed by atoms with Crippen molar-refractivity contribution in [3.8, 4) is 0 Å². The van der Waals surface area contributed by atoms with Crippen molar-refractivity contribution in [2.45, 2.75) is 69.4 Å². The Morgan fingerprint density at radius 3 is 1.35 bits per heavy atom. The smallest absolute Gasteiger partial charge is 0.248 e. The summed E-state index contributed by atoms with van der Waals surface area (Å²) in [5.41, 5.74) is 0. The van der Waals surface area contributed by atoms with Crippen LogP contribution in [-0.2, 0) is 0 Å². The Labute approximate surface area is 110 Å². The Morgan fingerprint density at radius 2 is 1.00 bits per heavy atom. The van der Waals surface area contributed by atoms with Crippen LogP contribution in [0.3, 0.4) is 0 Å². The van der Waals surface area contributed by atoms with Crippen molar-refractivity contribution < 1.29 is 39.5 Å². The fraction of sp³-hybridized carbons (Fsp3) is 1.00. The second-order valence-corrected chi connectivity index (χ2v) is 4.81. The third kappa shape index (κ3) is 5.40. The summed E-state index contributed by atoms with van der Waals surface area (Å²) in [7, 11) is 0. The summed E-state index contributed by atoms with van der Waals surface area (Å²) in [6.07, 6.45) is -14.3. The van der Waals surface area contributed by atoms with Crippen LogP contribution in [-0.4, -0.2) is 36.3 Å². The molecule has 0 N–H and O–H groups in total. The lowest BCUT2D eigenvalue weighted by atomic mass is 9.96. The van der Waals surface area contributed by atoms with Crippen molar-refractivity contribution in [3.63, 3.8) is 0 Å². The maximum absolute atomic E-state index is 13.1. The van der Waals surface area contributed by atoms with Crippen molar-refractivity contribution in [2.75, 3.05) is 0 Å². The summed E-state index contributed by atoms with van der Waals surface area (Å²) in [6, 6.07) is 0. The summed E-state index contributed by atoms with van der Waals surface area (Å²) in [4.78, 5) is 0. The predicted molar refractivity (Wildman–Crippen MR) is 54.7 cm³/mol. The van der Waals surface area contributed by atoms with Crippen LogP contribution in [0.4, 0.5) is 39.5 Å². The van der Waals surface area contributed by atoms with Gasteiger partial charge in [0.2, 0.25) is 0 Å². The second kappa shape index (κ2) is 6.43. The van der Waals surface area contributed by atoms with Crippen LogP contribution in [0.2, 0.25) is 0 Å². The van der Waals surface area contributed by atoms with Crippen molar-refractivity contribution in [1.29, 1.82) is 0 Å². The zero-order valence-electron chi connectivity index (χ0n) is 10.8. The van der Waals surface area contributed by atoms with E-state index in [-0.39, 0.29) is 0 Å². The molecule has 0 spiro atoms. The Kier molecular flexibility index (Phi) is 6.22. The minimum absolute atomic E-state index is 0.580. The Balaban J connectivity index is 4.90. The summed E-state index contributed by atoms with van der Waals surface area (Å²) >= 11 is 0. The van der Waals surface area contributed by atoms with Crippen molar-refractivity contribution in [3.05, 3.63) is 0 Å². The van der Waals surface area contributed by atoms with Gasteiger partial charge in [-0.1, -0.05) is 0 Å². The highest BCUT2D eigenvalue weighted by Crippen LogP contribution is 2.44. The van der Waals surface area contributed by atoms with Crippen molar-refractivity contribution >= 4 is 0 Å². The number of hydrogen-bond acceptors (Lipinski definition) is 0. The van der Waals surface area contributed by atoms with Gasteiger partial charge in [-0.25, -0.2) is 22.0 Å². The van der Waals surface area contributed by atoms with E-state index in [4.69, 9.17) is 0 Å². The largest absolute Gasteiger partial charge is 0.313 e. The van der Waals surface area contributed by atoms with Crippen LogP contribution in [0.5, 0.6) is 0 Å². The maximum atomic E-state index is 13.1. The van der Waals surface area contributed by atoms with Crippen LogP contribution in [0.15, 0.2) is 0 Å². The molecule has 0 saturated heterocycles. The molecule has 3 unspecified atom stereocenters. The average molecular weight is 318 g/mol. The standard InChI is InChI=1S/C11H15F9/c1-6(12)3-9(15,16)8(14)5-11(19,20)10(17,18)4-7(2)13/h6-8H,3-5H2,1-2H3. The molecular formula is C11H15F9. The second-order valence-electron chi connectivity index (χ2n) is 4.81. The number of halogens is 9. The molecule has 0 amide bonds. The molecule has 0 aliphatic rings. The number of hydrogen-bond donors (Lipinski definition) is 0. The van der Waals surface area contributed by atoms with Crippen LogP contribution >= 0.6 is 0 Å². The van der Waals surface area contributed by atoms with E-state index in [1.807, 2.05) is 0 Å². The van der Waals surface area contributed by atoms with Gasteiger partial charge in [0, 0.05) is 12.8 Å². The van der Waals surface area contributed by atoms with Gasteiger partial charge >= 0.3 is 11.8 Å². The fourth-order valence-electron chi connectivity index (χ4n) is 1.53. The van der Waals surface area contributed by atoms with Gasteiger partial charge in [0.15, 0.2) is 6.17 Å². The molecule has 122 valence electrons. The van der Waals surface area contributed by atoms with Crippen molar-refractivity contribution in [1.82, 2.24) is 0 Å². The summed E-state index contributed by atoms with van der Waals surface area (Å²) in [5.74, 6) is -14.6. The first kappa shape index (κ1) is 19.4. The molecule has 3 atom stereocenters. The lowest BCUT2D eigenvalue weighted by Crippen LogP contribution is -2.47. The van der Waals surface area contributed by atoms with E-state index in [2.05, 4.69) is 0 Å². The van der Waals surface area contributed by atoms with E-state index >= 15 is 0 Å². The van der Waals surface area contributed by atoms with Gasteiger partial charge in [-0.15, -0.1) is 0 Å². The summed E-state index contributed by atoms with van der Waals surface area (Å²) in [5, 5.41) is 0. The van der Waals surface area contributed by atoms with Gasteiger partial charge in [-0.3, -0.25) is 0 Å². The first-order valence-corrected chi connectivity index (χ1v) is 5.77. The summed E-state index contributed by atoms with van der Waals surface area (Å²) in [6.45, 7) is 1.23. The highest BCUT2D eigenvalue weighted by atomic mass is 19.3. The molecule has 0 aliphatic carbocycles. The van der Waals surface area contributed by atoms with Crippen molar-refractivity contribution in [2.24, 2.45) is 0 Å². The monoisotopic (exact) mass is 318 g/mol. The molecule has 0 bridgehead atoms. The zero-order chi connectivity index (χ0) is 16.4. The van der Waals surface area contributed by atoms with Gasteiger partial charge in [-0.05, 0) is 13.8 Å². The number of alkyl halides is 9. The predicted octanol–water partition coefficient (Wildman–Crippen LogP) is 5.12. The fourth-order valence-corrected chi connectivity index (χ4v) is 1.53. The first-order chi connectivity index (χ1) is 8.71. The Morgan fingerprint density at radius 1 is 0.650 bits per heavy atom. The van der Waals surface area contributed by atoms with E-state index < -0.39 is 55.5 Å². The molecule has 0 saturated carbocycles. The van der Waals surface area contributed by atoms with E-state index in [0.29, 0.717) is 13.8 Å². The molecule has 0 nitrogen and oxygen atoms in total. The zero-order valence-corrected chi connectivity index (χ0v) is 10.8. The first-order valence-electron chi connectivity index (χ1n) is 5.77. The maximum Gasteiger partial charge on any atom is 0.313 e. The SMILES string of the molecule is CC(F)CC(F)(F)C(F)CC(F)(F)C(F)(F)CC(C)F. The van der Waals surface area contributed by atoms with Gasteiger partial charge in [0.05, 0.1) is 6.42 Å². The molecular weight excluding hydrogens is 303 g/mol. The van der Waals surface area contributed by atoms with E-state index in [1.54, 1.807) is 0 Å². The molecule has 0 aromatic carbocycles. The van der Waals surface area contributed by atoms with Gasteiger partial charge < -0.3 is 0 Å². The van der Waals surface area contributed by atoms with Gasteiger partial charge in [-0.2, -0.15) is 17.6 Å². The van der Waals surface area contributed by atoms with Crippen LogP contribution in [0.25, 0.3) is 0 Å². The van der Waals surface area contributed by atoms with E-state index in [1.165, 1.54) is 0 Å². The topological polar surface area (TPSA) is 0 Å². The van der Waals surface area contributed by atoms with Crippen LogP contribution in [0, 0.1) is 0 Å². The van der Waals surface area contributed by atoms with Gasteiger partial charge in [0.1, 0.15) is 12.3 Å². The third-order valence-electron chi connectivity index (χ3n) is 2.52. The highest BCUT2D eigenvalue weighted by molar-refractivity contribution is 4.92. The normalized spacial score (nSPS) is 18.8. The number of rotatable bonds is 8. The van der Waals surface area contributed by atoms with E-state index in [9.17, 15) is 39.5 Å². The Bertz CT molecular complexity index is 298. The van der Waals surface area contributed by atoms with Crippen LogP contribution < -0.4 is 0 Å². The quantitative estimate of drug-likeness (QED) is 0.545. The molecule has 0 radical (unpaired) electrons. The lowest BCUT2D eigenvalue weighted by molar-refractivity contribution is -0.237. The molecule has 0 aliphatic heterocycles. The summed E-state index contributed by atoms with van der Waals surface area (Å²) < 4.78 is 116. The van der Waals surface area contributed by atoms with E-state index in [0.717, 1.165) is 0 Å². The molecule has 20 heavy (non-hydrogen) atoms. The minimum Gasteiger partial charge on any atom is -0.248 e.